The number of para-hydroxylation sites is 1. The lowest BCUT2D eigenvalue weighted by Gasteiger charge is -2.26. The van der Waals surface area contributed by atoms with E-state index in [4.69, 9.17) is 5.10 Å². The van der Waals surface area contributed by atoms with Gasteiger partial charge in [0.1, 0.15) is 11.5 Å². The summed E-state index contributed by atoms with van der Waals surface area (Å²) in [7, 11) is 0. The van der Waals surface area contributed by atoms with Crippen molar-refractivity contribution in [2.75, 3.05) is 19.6 Å². The summed E-state index contributed by atoms with van der Waals surface area (Å²) >= 11 is 1.73. The number of carbonyl (C=O) groups excluding carboxylic acids is 1. The van der Waals surface area contributed by atoms with E-state index in [1.54, 1.807) is 34.2 Å². The molecule has 0 bridgehead atoms. The van der Waals surface area contributed by atoms with E-state index in [9.17, 15) is 9.18 Å². The number of thiophene rings is 1. The van der Waals surface area contributed by atoms with Gasteiger partial charge in [0.05, 0.1) is 12.2 Å². The Balaban J connectivity index is 1.77. The Morgan fingerprint density at radius 2 is 2.11 bits per heavy atom. The maximum atomic E-state index is 14.3. The zero-order valence-electron chi connectivity index (χ0n) is 15.3. The number of hydrogen-bond donors (Lipinski definition) is 1. The van der Waals surface area contributed by atoms with Crippen LogP contribution < -0.4 is 5.32 Å². The van der Waals surface area contributed by atoms with E-state index in [0.29, 0.717) is 25.3 Å². The quantitative estimate of drug-likeness (QED) is 0.751. The molecule has 0 aliphatic carbocycles. The zero-order valence-corrected chi connectivity index (χ0v) is 16.1. The van der Waals surface area contributed by atoms with Gasteiger partial charge in [-0.1, -0.05) is 12.1 Å². The molecule has 2 aromatic heterocycles. The highest BCUT2D eigenvalue weighted by molar-refractivity contribution is 7.12. The molecular formula is C20H21FN4OS. The van der Waals surface area contributed by atoms with Gasteiger partial charge in [-0.2, -0.15) is 5.10 Å². The fourth-order valence-corrected chi connectivity index (χ4v) is 4.37. The SMILES string of the molecule is Cc1cc(-c2nn(-c3ccccc3F)cc2CN2CCNC(=O)C2)c(C)s1. The Kier molecular flexibility index (Phi) is 4.80. The van der Waals surface area contributed by atoms with Crippen molar-refractivity contribution < 1.29 is 9.18 Å². The second-order valence-corrected chi connectivity index (χ2v) is 8.25. The number of amides is 1. The lowest BCUT2D eigenvalue weighted by Crippen LogP contribution is -2.47. The molecule has 1 aromatic carbocycles. The lowest BCUT2D eigenvalue weighted by molar-refractivity contribution is -0.124. The summed E-state index contributed by atoms with van der Waals surface area (Å²) in [5.41, 5.74) is 3.34. The highest BCUT2D eigenvalue weighted by atomic mass is 32.1. The van der Waals surface area contributed by atoms with Crippen LogP contribution in [0.3, 0.4) is 0 Å². The number of aryl methyl sites for hydroxylation is 2. The number of benzene rings is 1. The predicted molar refractivity (Wildman–Crippen MR) is 105 cm³/mol. The average molecular weight is 384 g/mol. The van der Waals surface area contributed by atoms with E-state index in [-0.39, 0.29) is 11.7 Å². The van der Waals surface area contributed by atoms with E-state index in [2.05, 4.69) is 30.1 Å². The van der Waals surface area contributed by atoms with Gasteiger partial charge in [-0.3, -0.25) is 9.69 Å². The number of rotatable bonds is 4. The highest BCUT2D eigenvalue weighted by Crippen LogP contribution is 2.33. The summed E-state index contributed by atoms with van der Waals surface area (Å²) in [6.45, 7) is 6.55. The molecule has 0 atom stereocenters. The highest BCUT2D eigenvalue weighted by Gasteiger charge is 2.22. The van der Waals surface area contributed by atoms with Gasteiger partial charge < -0.3 is 5.32 Å². The van der Waals surface area contributed by atoms with Crippen LogP contribution in [0.2, 0.25) is 0 Å². The Bertz CT molecular complexity index is 994. The fraction of sp³-hybridized carbons (Fsp3) is 0.300. The van der Waals surface area contributed by atoms with Crippen LogP contribution in [-0.2, 0) is 11.3 Å². The summed E-state index contributed by atoms with van der Waals surface area (Å²) in [6, 6.07) is 8.75. The van der Waals surface area contributed by atoms with Crippen molar-refractivity contribution in [1.29, 1.82) is 0 Å². The molecule has 3 heterocycles. The van der Waals surface area contributed by atoms with Crippen molar-refractivity contribution >= 4 is 17.2 Å². The number of carbonyl (C=O) groups is 1. The molecule has 3 aromatic rings. The monoisotopic (exact) mass is 384 g/mol. The van der Waals surface area contributed by atoms with Crippen LogP contribution >= 0.6 is 11.3 Å². The molecule has 4 rings (SSSR count). The van der Waals surface area contributed by atoms with Crippen molar-refractivity contribution in [2.45, 2.75) is 20.4 Å². The summed E-state index contributed by atoms with van der Waals surface area (Å²) in [5, 5.41) is 7.57. The van der Waals surface area contributed by atoms with Crippen molar-refractivity contribution in [1.82, 2.24) is 20.0 Å². The Labute approximate surface area is 161 Å². The van der Waals surface area contributed by atoms with Crippen LogP contribution in [-0.4, -0.2) is 40.2 Å². The first-order valence-corrected chi connectivity index (χ1v) is 9.73. The van der Waals surface area contributed by atoms with Crippen molar-refractivity contribution in [3.63, 3.8) is 0 Å². The largest absolute Gasteiger partial charge is 0.354 e. The van der Waals surface area contributed by atoms with E-state index in [0.717, 1.165) is 23.4 Å². The molecular weight excluding hydrogens is 363 g/mol. The molecule has 1 aliphatic rings. The minimum atomic E-state index is -0.311. The van der Waals surface area contributed by atoms with Crippen molar-refractivity contribution in [2.24, 2.45) is 0 Å². The van der Waals surface area contributed by atoms with Crippen LogP contribution in [0, 0.1) is 19.7 Å². The third kappa shape index (κ3) is 3.65. The maximum absolute atomic E-state index is 14.3. The zero-order chi connectivity index (χ0) is 19.0. The number of hydrogen-bond acceptors (Lipinski definition) is 4. The van der Waals surface area contributed by atoms with Gasteiger partial charge >= 0.3 is 0 Å². The molecule has 0 radical (unpaired) electrons. The molecule has 140 valence electrons. The van der Waals surface area contributed by atoms with Gasteiger partial charge in [0.15, 0.2) is 0 Å². The van der Waals surface area contributed by atoms with Gasteiger partial charge in [-0.15, -0.1) is 11.3 Å². The first kappa shape index (κ1) is 17.9. The normalized spacial score (nSPS) is 15.1. The third-order valence-electron chi connectivity index (χ3n) is 4.70. The van der Waals surface area contributed by atoms with Crippen molar-refractivity contribution in [3.8, 4) is 16.9 Å². The lowest BCUT2D eigenvalue weighted by atomic mass is 10.1. The molecule has 27 heavy (non-hydrogen) atoms. The minimum absolute atomic E-state index is 0.0341. The van der Waals surface area contributed by atoms with Gasteiger partial charge in [-0.25, -0.2) is 9.07 Å². The molecule has 1 N–H and O–H groups in total. The van der Waals surface area contributed by atoms with Gasteiger partial charge in [0.25, 0.3) is 0 Å². The first-order valence-electron chi connectivity index (χ1n) is 8.91. The molecule has 0 unspecified atom stereocenters. The summed E-state index contributed by atoms with van der Waals surface area (Å²) in [4.78, 5) is 16.2. The number of nitrogens with one attached hydrogen (secondary N) is 1. The van der Waals surface area contributed by atoms with Crippen LogP contribution in [0.15, 0.2) is 36.5 Å². The third-order valence-corrected chi connectivity index (χ3v) is 5.66. The van der Waals surface area contributed by atoms with E-state index < -0.39 is 0 Å². The average Bonchev–Trinajstić information content (AvgIpc) is 3.18. The molecule has 0 spiro atoms. The van der Waals surface area contributed by atoms with Crippen LogP contribution in [0.4, 0.5) is 4.39 Å². The molecule has 1 saturated heterocycles. The molecule has 1 amide bonds. The molecule has 7 heteroatoms. The Morgan fingerprint density at radius 3 is 2.81 bits per heavy atom. The van der Waals surface area contributed by atoms with Crippen LogP contribution in [0.25, 0.3) is 16.9 Å². The predicted octanol–water partition coefficient (Wildman–Crippen LogP) is 3.29. The summed E-state index contributed by atoms with van der Waals surface area (Å²) in [6.07, 6.45) is 1.88. The second-order valence-electron chi connectivity index (χ2n) is 6.79. The van der Waals surface area contributed by atoms with Gasteiger partial charge in [0, 0.05) is 46.7 Å². The number of aromatic nitrogens is 2. The standard InChI is InChI=1S/C20H21FN4OS/c1-13-9-16(14(2)27-13)20-15(10-24-8-7-22-19(26)12-24)11-25(23-20)18-6-4-3-5-17(18)21/h3-6,9,11H,7-8,10,12H2,1-2H3,(H,22,26). The fourth-order valence-electron chi connectivity index (χ4n) is 3.45. The van der Waals surface area contributed by atoms with E-state index >= 15 is 0 Å². The van der Waals surface area contributed by atoms with E-state index in [1.165, 1.54) is 15.8 Å². The minimum Gasteiger partial charge on any atom is -0.354 e. The number of halogens is 1. The van der Waals surface area contributed by atoms with Gasteiger partial charge in [-0.05, 0) is 32.0 Å². The number of nitrogens with zero attached hydrogens (tertiary/aromatic N) is 3. The molecule has 5 nitrogen and oxygen atoms in total. The Hall–Kier alpha value is -2.51. The number of piperazine rings is 1. The second kappa shape index (κ2) is 7.25. The maximum Gasteiger partial charge on any atom is 0.234 e. The first-order chi connectivity index (χ1) is 13.0. The van der Waals surface area contributed by atoms with Crippen LogP contribution in [0.5, 0.6) is 0 Å². The van der Waals surface area contributed by atoms with Crippen molar-refractivity contribution in [3.05, 3.63) is 57.7 Å². The van der Waals surface area contributed by atoms with E-state index in [1.807, 2.05) is 6.20 Å². The Morgan fingerprint density at radius 1 is 1.30 bits per heavy atom. The topological polar surface area (TPSA) is 50.2 Å². The van der Waals surface area contributed by atoms with Gasteiger partial charge in [0.2, 0.25) is 5.91 Å². The molecule has 1 fully saturated rings. The summed E-state index contributed by atoms with van der Waals surface area (Å²) < 4.78 is 15.9. The smallest absolute Gasteiger partial charge is 0.234 e. The summed E-state index contributed by atoms with van der Waals surface area (Å²) in [5.74, 6) is -0.277. The van der Waals surface area contributed by atoms with Crippen LogP contribution in [0.1, 0.15) is 15.3 Å². The molecule has 0 saturated carbocycles. The molecule has 1 aliphatic heterocycles.